The summed E-state index contributed by atoms with van der Waals surface area (Å²) < 4.78 is 10.3. The van der Waals surface area contributed by atoms with E-state index in [0.29, 0.717) is 30.3 Å². The number of methoxy groups -OCH3 is 2. The third-order valence-corrected chi connectivity index (χ3v) is 3.41. The van der Waals surface area contributed by atoms with Crippen molar-refractivity contribution in [1.82, 2.24) is 10.2 Å². The lowest BCUT2D eigenvalue weighted by Gasteiger charge is -2.32. The number of urea groups is 1. The number of carbonyl (C=O) groups excluding carboxylic acids is 2. The van der Waals surface area contributed by atoms with Crippen molar-refractivity contribution in [2.24, 2.45) is 5.73 Å². The van der Waals surface area contributed by atoms with Crippen molar-refractivity contribution in [3.63, 3.8) is 0 Å². The van der Waals surface area contributed by atoms with Gasteiger partial charge in [0.1, 0.15) is 17.5 Å². The van der Waals surface area contributed by atoms with Crippen molar-refractivity contribution in [1.29, 1.82) is 0 Å². The van der Waals surface area contributed by atoms with Crippen LogP contribution in [0.25, 0.3) is 0 Å². The summed E-state index contributed by atoms with van der Waals surface area (Å²) in [5.41, 5.74) is 5.82. The van der Waals surface area contributed by atoms with Crippen LogP contribution in [0.4, 0.5) is 10.5 Å². The van der Waals surface area contributed by atoms with Crippen molar-refractivity contribution in [2.45, 2.75) is 6.04 Å². The molecule has 0 unspecified atom stereocenters. The highest BCUT2D eigenvalue weighted by Crippen LogP contribution is 2.26. The SMILES string of the molecule is COc1cc(NC(=O)N2CCN[C@H](C(N)=O)C2)cc(OC)c1. The van der Waals surface area contributed by atoms with Crippen LogP contribution in [0.5, 0.6) is 11.5 Å². The van der Waals surface area contributed by atoms with Crippen LogP contribution in [0.1, 0.15) is 0 Å². The first kappa shape index (κ1) is 15.9. The molecule has 1 aromatic carbocycles. The molecule has 8 heteroatoms. The summed E-state index contributed by atoms with van der Waals surface area (Å²) in [7, 11) is 3.07. The fourth-order valence-corrected chi connectivity index (χ4v) is 2.21. The van der Waals surface area contributed by atoms with Gasteiger partial charge in [-0.3, -0.25) is 4.79 Å². The number of benzene rings is 1. The molecule has 1 aromatic rings. The largest absolute Gasteiger partial charge is 0.497 e. The topological polar surface area (TPSA) is 106 Å². The average Bonchev–Trinajstić information content (AvgIpc) is 2.54. The molecule has 1 aliphatic heterocycles. The minimum atomic E-state index is -0.528. The van der Waals surface area contributed by atoms with Crippen molar-refractivity contribution in [3.05, 3.63) is 18.2 Å². The van der Waals surface area contributed by atoms with Crippen LogP contribution in [0, 0.1) is 0 Å². The lowest BCUT2D eigenvalue weighted by molar-refractivity contribution is -0.120. The summed E-state index contributed by atoms with van der Waals surface area (Å²) in [6, 6.07) is 4.26. The molecule has 1 fully saturated rings. The fourth-order valence-electron chi connectivity index (χ4n) is 2.21. The smallest absolute Gasteiger partial charge is 0.321 e. The van der Waals surface area contributed by atoms with E-state index in [0.717, 1.165) is 0 Å². The van der Waals surface area contributed by atoms with Crippen molar-refractivity contribution in [2.75, 3.05) is 39.2 Å². The van der Waals surface area contributed by atoms with E-state index in [1.54, 1.807) is 18.2 Å². The summed E-state index contributed by atoms with van der Waals surface area (Å²) in [4.78, 5) is 25.0. The Labute approximate surface area is 128 Å². The molecule has 120 valence electrons. The summed E-state index contributed by atoms with van der Waals surface area (Å²) in [6.45, 7) is 1.25. The molecule has 0 saturated carbocycles. The van der Waals surface area contributed by atoms with Crippen LogP contribution in [0.3, 0.4) is 0 Å². The first-order valence-electron chi connectivity index (χ1n) is 6.85. The number of hydrogen-bond acceptors (Lipinski definition) is 5. The Morgan fingerprint density at radius 3 is 2.45 bits per heavy atom. The second-order valence-corrected chi connectivity index (χ2v) is 4.89. The number of nitrogens with two attached hydrogens (primary N) is 1. The number of amides is 3. The third kappa shape index (κ3) is 3.79. The Balaban J connectivity index is 2.06. The van der Waals surface area contributed by atoms with Gasteiger partial charge in [0.25, 0.3) is 0 Å². The Morgan fingerprint density at radius 2 is 1.91 bits per heavy atom. The molecular weight excluding hydrogens is 288 g/mol. The molecule has 0 bridgehead atoms. The molecule has 1 aliphatic rings. The molecule has 0 radical (unpaired) electrons. The quantitative estimate of drug-likeness (QED) is 0.726. The van der Waals surface area contributed by atoms with Crippen LogP contribution in [-0.4, -0.2) is 56.7 Å². The minimum Gasteiger partial charge on any atom is -0.497 e. The van der Waals surface area contributed by atoms with E-state index in [9.17, 15) is 9.59 Å². The Hall–Kier alpha value is -2.48. The summed E-state index contributed by atoms with van der Waals surface area (Å²) in [6.07, 6.45) is 0. The lowest BCUT2D eigenvalue weighted by Crippen LogP contribution is -2.58. The first-order valence-corrected chi connectivity index (χ1v) is 6.85. The molecule has 1 saturated heterocycles. The number of nitrogens with one attached hydrogen (secondary N) is 2. The third-order valence-electron chi connectivity index (χ3n) is 3.41. The molecule has 4 N–H and O–H groups in total. The van der Waals surface area contributed by atoms with Gasteiger partial charge in [-0.2, -0.15) is 0 Å². The molecule has 0 aliphatic carbocycles. The highest BCUT2D eigenvalue weighted by atomic mass is 16.5. The molecular formula is C14H20N4O4. The lowest BCUT2D eigenvalue weighted by atomic mass is 10.2. The standard InChI is InChI=1S/C14H20N4O4/c1-21-10-5-9(6-11(7-10)22-2)17-14(20)18-4-3-16-12(8-18)13(15)19/h5-7,12,16H,3-4,8H2,1-2H3,(H2,15,19)(H,17,20)/t12-/m0/s1. The van der Waals surface area contributed by atoms with Crippen LogP contribution in [-0.2, 0) is 4.79 Å². The maximum Gasteiger partial charge on any atom is 0.321 e. The van der Waals surface area contributed by atoms with E-state index in [-0.39, 0.29) is 12.6 Å². The van der Waals surface area contributed by atoms with E-state index < -0.39 is 11.9 Å². The van der Waals surface area contributed by atoms with Crippen molar-refractivity contribution < 1.29 is 19.1 Å². The van der Waals surface area contributed by atoms with Crippen LogP contribution < -0.4 is 25.8 Å². The van der Waals surface area contributed by atoms with Crippen molar-refractivity contribution >= 4 is 17.6 Å². The Morgan fingerprint density at radius 1 is 1.27 bits per heavy atom. The van der Waals surface area contributed by atoms with E-state index in [1.807, 2.05) is 0 Å². The number of hydrogen-bond donors (Lipinski definition) is 3. The Kier molecular flexibility index (Phi) is 5.05. The number of primary amides is 1. The fraction of sp³-hybridized carbons (Fsp3) is 0.429. The normalized spacial score (nSPS) is 17.7. The van der Waals surface area contributed by atoms with Crippen LogP contribution in [0.2, 0.25) is 0 Å². The number of piperazine rings is 1. The molecule has 0 spiro atoms. The summed E-state index contributed by atoms with van der Waals surface area (Å²) in [5, 5.41) is 5.74. The second kappa shape index (κ2) is 6.99. The maximum absolute atomic E-state index is 12.3. The van der Waals surface area contributed by atoms with Gasteiger partial charge in [-0.15, -0.1) is 0 Å². The molecule has 3 amide bonds. The predicted molar refractivity (Wildman–Crippen MR) is 81.1 cm³/mol. The van der Waals surface area contributed by atoms with Crippen molar-refractivity contribution in [3.8, 4) is 11.5 Å². The van der Waals surface area contributed by atoms with E-state index in [4.69, 9.17) is 15.2 Å². The molecule has 22 heavy (non-hydrogen) atoms. The van der Waals surface area contributed by atoms with Gasteiger partial charge in [-0.05, 0) is 0 Å². The summed E-state index contributed by atoms with van der Waals surface area (Å²) in [5.74, 6) is 0.676. The zero-order valence-corrected chi connectivity index (χ0v) is 12.6. The van der Waals surface area contributed by atoms with Gasteiger partial charge >= 0.3 is 6.03 Å². The minimum absolute atomic E-state index is 0.238. The molecule has 1 heterocycles. The zero-order chi connectivity index (χ0) is 16.1. The first-order chi connectivity index (χ1) is 10.5. The maximum atomic E-state index is 12.3. The highest BCUT2D eigenvalue weighted by Gasteiger charge is 2.26. The van der Waals surface area contributed by atoms with Gasteiger partial charge in [0, 0.05) is 43.5 Å². The van der Waals surface area contributed by atoms with Gasteiger partial charge in [-0.1, -0.05) is 0 Å². The number of anilines is 1. The van der Waals surface area contributed by atoms with Gasteiger partial charge in [0.15, 0.2) is 0 Å². The molecule has 8 nitrogen and oxygen atoms in total. The molecule has 0 aromatic heterocycles. The van der Waals surface area contributed by atoms with Gasteiger partial charge in [0.2, 0.25) is 5.91 Å². The number of carbonyl (C=O) groups is 2. The Bertz CT molecular complexity index is 542. The van der Waals surface area contributed by atoms with E-state index in [1.165, 1.54) is 19.1 Å². The van der Waals surface area contributed by atoms with Gasteiger partial charge < -0.3 is 30.7 Å². The predicted octanol–water partition coefficient (Wildman–Crippen LogP) is -0.00520. The van der Waals surface area contributed by atoms with Crippen LogP contribution >= 0.6 is 0 Å². The van der Waals surface area contributed by atoms with E-state index in [2.05, 4.69) is 10.6 Å². The molecule has 1 atom stereocenters. The monoisotopic (exact) mass is 308 g/mol. The number of nitrogens with zero attached hydrogens (tertiary/aromatic N) is 1. The number of ether oxygens (including phenoxy) is 2. The summed E-state index contributed by atoms with van der Waals surface area (Å²) >= 11 is 0. The van der Waals surface area contributed by atoms with Crippen LogP contribution in [0.15, 0.2) is 18.2 Å². The highest BCUT2D eigenvalue weighted by molar-refractivity contribution is 5.90. The van der Waals surface area contributed by atoms with Gasteiger partial charge in [0.05, 0.1) is 14.2 Å². The van der Waals surface area contributed by atoms with E-state index >= 15 is 0 Å². The second-order valence-electron chi connectivity index (χ2n) is 4.89. The van der Waals surface area contributed by atoms with Gasteiger partial charge in [-0.25, -0.2) is 4.79 Å². The number of rotatable bonds is 4. The average molecular weight is 308 g/mol. The zero-order valence-electron chi connectivity index (χ0n) is 12.6. The molecule has 2 rings (SSSR count).